The van der Waals surface area contributed by atoms with Crippen molar-refractivity contribution >= 4 is 23.7 Å². The number of carbonyl (C=O) groups is 4. The second-order valence-electron chi connectivity index (χ2n) is 11.8. The number of allylic oxidation sites excluding steroid dienone is 1. The minimum absolute atomic E-state index is 0.0570. The van der Waals surface area contributed by atoms with Crippen LogP contribution in [-0.4, -0.2) is 82.6 Å². The predicted molar refractivity (Wildman–Crippen MR) is 166 cm³/mol. The van der Waals surface area contributed by atoms with Gasteiger partial charge >= 0.3 is 5.97 Å². The zero-order valence-electron chi connectivity index (χ0n) is 25.4. The fraction of sp³-hybridized carbons (Fsp3) is 0.429. The van der Waals surface area contributed by atoms with Gasteiger partial charge in [-0.1, -0.05) is 72.8 Å². The zero-order chi connectivity index (χ0) is 32.0. The Labute approximate surface area is 263 Å². The third-order valence-corrected chi connectivity index (χ3v) is 9.01. The Morgan fingerprint density at radius 1 is 1.11 bits per heavy atom. The number of aliphatic hydroxyl groups is 1. The van der Waals surface area contributed by atoms with Gasteiger partial charge in [-0.3, -0.25) is 19.2 Å². The number of fused-ring (bicyclic) bond motifs is 1. The molecular formula is C35H41N3O7. The molecule has 3 fully saturated rings. The van der Waals surface area contributed by atoms with Crippen molar-refractivity contribution in [2.75, 3.05) is 26.2 Å². The number of likely N-dealkylation sites (tertiary alicyclic amines) is 1. The van der Waals surface area contributed by atoms with Crippen molar-refractivity contribution in [3.05, 3.63) is 97.1 Å². The summed E-state index contributed by atoms with van der Waals surface area (Å²) in [7, 11) is 0. The van der Waals surface area contributed by atoms with E-state index in [-0.39, 0.29) is 44.5 Å². The van der Waals surface area contributed by atoms with Crippen molar-refractivity contribution in [3.8, 4) is 0 Å². The smallest absolute Gasteiger partial charge is 0.313 e. The van der Waals surface area contributed by atoms with Gasteiger partial charge in [0.05, 0.1) is 31.1 Å². The van der Waals surface area contributed by atoms with Crippen molar-refractivity contribution < 1.29 is 33.8 Å². The van der Waals surface area contributed by atoms with Crippen LogP contribution < -0.4 is 5.32 Å². The molecule has 5 rings (SSSR count). The zero-order valence-corrected chi connectivity index (χ0v) is 25.4. The van der Waals surface area contributed by atoms with Gasteiger partial charge in [0.1, 0.15) is 17.7 Å². The molecule has 10 nitrogen and oxygen atoms in total. The largest absolute Gasteiger partial charge is 0.455 e. The van der Waals surface area contributed by atoms with Crippen LogP contribution in [0.5, 0.6) is 0 Å². The number of hydrogen-bond acceptors (Lipinski definition) is 7. The molecule has 3 saturated heterocycles. The molecule has 0 unspecified atom stereocenters. The number of nitrogens with zero attached hydrogens (tertiary/aromatic N) is 2. The van der Waals surface area contributed by atoms with Crippen LogP contribution in [0.15, 0.2) is 86.0 Å². The van der Waals surface area contributed by atoms with Crippen LogP contribution in [0.25, 0.3) is 0 Å². The van der Waals surface area contributed by atoms with Gasteiger partial charge in [0.2, 0.25) is 17.7 Å². The van der Waals surface area contributed by atoms with Gasteiger partial charge in [-0.15, -0.1) is 13.2 Å². The van der Waals surface area contributed by atoms with Gasteiger partial charge in [0, 0.05) is 26.1 Å². The molecule has 3 heterocycles. The number of β-amino-alcohol motifs (C(OH)–C–C–N with tert-alkyl or cyclic N) is 1. The lowest BCUT2D eigenvalue weighted by Crippen LogP contribution is -2.56. The van der Waals surface area contributed by atoms with Crippen LogP contribution >= 0.6 is 0 Å². The number of benzene rings is 2. The lowest BCUT2D eigenvalue weighted by atomic mass is 9.70. The first-order chi connectivity index (χ1) is 21.8. The minimum Gasteiger partial charge on any atom is -0.455 e. The van der Waals surface area contributed by atoms with Crippen molar-refractivity contribution in [2.45, 2.75) is 56.1 Å². The fourth-order valence-electron chi connectivity index (χ4n) is 7.06. The van der Waals surface area contributed by atoms with Crippen LogP contribution in [0.2, 0.25) is 0 Å². The molecule has 2 bridgehead atoms. The summed E-state index contributed by atoms with van der Waals surface area (Å²) in [5.41, 5.74) is 0.387. The molecule has 10 heteroatoms. The van der Waals surface area contributed by atoms with Crippen LogP contribution in [0.3, 0.4) is 0 Å². The molecule has 0 aromatic heterocycles. The Hall–Kier alpha value is -4.28. The van der Waals surface area contributed by atoms with Crippen LogP contribution in [0, 0.1) is 11.8 Å². The number of ether oxygens (including phenoxy) is 2. The lowest BCUT2D eigenvalue weighted by Gasteiger charge is -2.36. The second-order valence-corrected chi connectivity index (χ2v) is 11.8. The van der Waals surface area contributed by atoms with E-state index in [1.54, 1.807) is 17.1 Å². The Balaban J connectivity index is 1.41. The van der Waals surface area contributed by atoms with E-state index in [1.165, 1.54) is 4.90 Å². The molecule has 45 heavy (non-hydrogen) atoms. The first-order valence-electron chi connectivity index (χ1n) is 15.5. The van der Waals surface area contributed by atoms with Crippen molar-refractivity contribution in [1.29, 1.82) is 0 Å². The van der Waals surface area contributed by atoms with Crippen molar-refractivity contribution in [2.24, 2.45) is 11.8 Å². The molecule has 2 aromatic carbocycles. The van der Waals surface area contributed by atoms with Crippen LogP contribution in [0.1, 0.15) is 42.9 Å². The van der Waals surface area contributed by atoms with Gasteiger partial charge in [-0.05, 0) is 30.4 Å². The van der Waals surface area contributed by atoms with Gasteiger partial charge in [0.25, 0.3) is 0 Å². The summed E-state index contributed by atoms with van der Waals surface area (Å²) in [6.45, 7) is 7.66. The molecule has 2 aromatic rings. The van der Waals surface area contributed by atoms with Gasteiger partial charge in [-0.2, -0.15) is 0 Å². The Bertz CT molecular complexity index is 1400. The monoisotopic (exact) mass is 615 g/mol. The average molecular weight is 616 g/mol. The molecule has 0 saturated carbocycles. The molecule has 6 atom stereocenters. The fourth-order valence-corrected chi connectivity index (χ4v) is 7.06. The van der Waals surface area contributed by atoms with E-state index in [9.17, 15) is 24.3 Å². The van der Waals surface area contributed by atoms with E-state index < -0.39 is 47.6 Å². The lowest BCUT2D eigenvalue weighted by molar-refractivity contribution is -0.160. The highest BCUT2D eigenvalue weighted by atomic mass is 16.6. The molecule has 3 amide bonds. The molecule has 0 aliphatic carbocycles. The molecule has 2 N–H and O–H groups in total. The number of hydrogen-bond donors (Lipinski definition) is 2. The maximum Gasteiger partial charge on any atom is 0.313 e. The third kappa shape index (κ3) is 6.43. The van der Waals surface area contributed by atoms with Crippen molar-refractivity contribution in [3.63, 3.8) is 0 Å². The highest BCUT2D eigenvalue weighted by Crippen LogP contribution is 2.59. The molecule has 238 valence electrons. The summed E-state index contributed by atoms with van der Waals surface area (Å²) in [5.74, 6) is -3.40. The number of rotatable bonds is 15. The predicted octanol–water partition coefficient (Wildman–Crippen LogP) is 2.94. The number of esters is 1. The van der Waals surface area contributed by atoms with Gasteiger partial charge < -0.3 is 29.7 Å². The maximum atomic E-state index is 14.3. The number of nitrogens with one attached hydrogen (secondary N) is 1. The van der Waals surface area contributed by atoms with E-state index >= 15 is 0 Å². The van der Waals surface area contributed by atoms with E-state index in [0.29, 0.717) is 31.4 Å². The Kier molecular flexibility index (Phi) is 10.1. The van der Waals surface area contributed by atoms with Crippen LogP contribution in [-0.2, 0) is 35.2 Å². The van der Waals surface area contributed by atoms with Crippen molar-refractivity contribution in [1.82, 2.24) is 15.1 Å². The summed E-state index contributed by atoms with van der Waals surface area (Å²) >= 11 is 0. The van der Waals surface area contributed by atoms with E-state index in [0.717, 1.165) is 5.56 Å². The number of carbonyl (C=O) groups excluding carboxylic acids is 4. The number of amides is 3. The Morgan fingerprint density at radius 3 is 2.49 bits per heavy atom. The summed E-state index contributed by atoms with van der Waals surface area (Å²) < 4.78 is 12.6. The molecule has 3 aliphatic rings. The SMILES string of the molecule is C=CCCC(=O)NC[C@@H](OC(=O)[C@@H]1[C@@H]2CC[C@]3(O2)[C@H](C(=O)N(CC=C)Cc2ccccc2)N(CCO)C(=O)[C@@H]13)c1ccccc1. The summed E-state index contributed by atoms with van der Waals surface area (Å²) in [6.07, 6.45) is 3.59. The number of aliphatic hydroxyl groups excluding tert-OH is 1. The standard InChI is InChI=1S/C35H41N3O7/c1-3-5-16-28(40)36-22-27(25-14-10-7-11-15-25)44-34(43)29-26-17-18-35(45-26)30(29)32(41)38(20-21-39)31(35)33(42)37(19-4-2)23-24-12-8-6-9-13-24/h3-4,6-15,26-27,29-31,39H,1-2,5,16-23H2,(H,36,40)/t26-,27+,29+,30+,31-,35+/m0/s1. The summed E-state index contributed by atoms with van der Waals surface area (Å²) in [6, 6.07) is 17.6. The van der Waals surface area contributed by atoms with Gasteiger partial charge in [0.15, 0.2) is 0 Å². The molecular weight excluding hydrogens is 574 g/mol. The van der Waals surface area contributed by atoms with E-state index in [4.69, 9.17) is 9.47 Å². The van der Waals surface area contributed by atoms with Crippen LogP contribution in [0.4, 0.5) is 0 Å². The van der Waals surface area contributed by atoms with E-state index in [1.807, 2.05) is 60.7 Å². The first kappa shape index (κ1) is 32.1. The van der Waals surface area contributed by atoms with E-state index in [2.05, 4.69) is 18.5 Å². The average Bonchev–Trinajstić information content (AvgIpc) is 3.70. The maximum absolute atomic E-state index is 14.3. The highest BCUT2D eigenvalue weighted by molar-refractivity contribution is 5.98. The molecule has 0 radical (unpaired) electrons. The molecule has 3 aliphatic heterocycles. The summed E-state index contributed by atoms with van der Waals surface area (Å²) in [5, 5.41) is 12.8. The minimum atomic E-state index is -1.23. The Morgan fingerprint density at radius 2 is 1.82 bits per heavy atom. The summed E-state index contributed by atoms with van der Waals surface area (Å²) in [4.78, 5) is 57.7. The van der Waals surface area contributed by atoms with Gasteiger partial charge in [-0.25, -0.2) is 0 Å². The first-order valence-corrected chi connectivity index (χ1v) is 15.5. The highest BCUT2D eigenvalue weighted by Gasteiger charge is 2.75. The normalized spacial score (nSPS) is 25.4. The quantitative estimate of drug-likeness (QED) is 0.233. The topological polar surface area (TPSA) is 125 Å². The molecule has 1 spiro atoms. The second kappa shape index (κ2) is 14.2. The third-order valence-electron chi connectivity index (χ3n) is 9.01.